The van der Waals surface area contributed by atoms with Gasteiger partial charge < -0.3 is 24.5 Å². The van der Waals surface area contributed by atoms with E-state index < -0.39 is 5.91 Å². The number of hydrogen-bond donors (Lipinski definition) is 2. The molecule has 2 amide bonds. The van der Waals surface area contributed by atoms with Crippen molar-refractivity contribution < 1.29 is 23.5 Å². The van der Waals surface area contributed by atoms with Gasteiger partial charge in [-0.1, -0.05) is 42.5 Å². The number of para-hydroxylation sites is 1. The minimum Gasteiger partial charge on any atom is -0.495 e. The molecule has 180 valence electrons. The number of fused-ring (bicyclic) bond motifs is 2. The summed E-state index contributed by atoms with van der Waals surface area (Å²) in [6.45, 7) is 0. The molecule has 2 N–H and O–H groups in total. The van der Waals surface area contributed by atoms with Crippen LogP contribution in [0, 0.1) is 0 Å². The van der Waals surface area contributed by atoms with E-state index >= 15 is 0 Å². The topological polar surface area (TPSA) is 89.8 Å². The van der Waals surface area contributed by atoms with Crippen molar-refractivity contribution in [2.45, 2.75) is 0 Å². The number of amides is 2. The molecule has 1 heterocycles. The lowest BCUT2D eigenvalue weighted by molar-refractivity contribution is 0.0995. The molecule has 0 aliphatic carbocycles. The highest BCUT2D eigenvalue weighted by molar-refractivity contribution is 9.10. The van der Waals surface area contributed by atoms with E-state index in [0.29, 0.717) is 38.5 Å². The third-order valence-electron chi connectivity index (χ3n) is 5.75. The fourth-order valence-corrected chi connectivity index (χ4v) is 4.74. The number of carbonyl (C=O) groups excluding carboxylic acids is 2. The number of rotatable bonds is 6. The van der Waals surface area contributed by atoms with Gasteiger partial charge in [0.2, 0.25) is 0 Å². The largest absolute Gasteiger partial charge is 0.495 e. The van der Waals surface area contributed by atoms with Gasteiger partial charge in [0, 0.05) is 17.1 Å². The third-order valence-corrected chi connectivity index (χ3v) is 6.53. The highest BCUT2D eigenvalue weighted by Crippen LogP contribution is 2.37. The molecule has 7 nitrogen and oxygen atoms in total. The summed E-state index contributed by atoms with van der Waals surface area (Å²) in [5.41, 5.74) is 1.93. The third kappa shape index (κ3) is 4.38. The minimum atomic E-state index is -0.410. The predicted octanol–water partition coefficient (Wildman–Crippen LogP) is 6.87. The number of ether oxygens (including phenoxy) is 2. The van der Waals surface area contributed by atoms with Crippen molar-refractivity contribution in [3.05, 3.63) is 94.7 Å². The first-order chi connectivity index (χ1) is 17.5. The van der Waals surface area contributed by atoms with E-state index in [-0.39, 0.29) is 11.7 Å². The molecule has 0 fully saturated rings. The molecule has 0 radical (unpaired) electrons. The van der Waals surface area contributed by atoms with Crippen LogP contribution in [0.15, 0.2) is 87.8 Å². The zero-order chi connectivity index (χ0) is 25.2. The van der Waals surface area contributed by atoms with Gasteiger partial charge in [-0.3, -0.25) is 9.59 Å². The first-order valence-electron chi connectivity index (χ1n) is 11.0. The van der Waals surface area contributed by atoms with E-state index in [4.69, 9.17) is 13.9 Å². The van der Waals surface area contributed by atoms with Crippen molar-refractivity contribution in [1.29, 1.82) is 0 Å². The van der Waals surface area contributed by atoms with Crippen LogP contribution in [0.4, 0.5) is 11.4 Å². The monoisotopic (exact) mass is 544 g/mol. The fraction of sp³-hybridized carbons (Fsp3) is 0.0714. The van der Waals surface area contributed by atoms with Gasteiger partial charge in [-0.05, 0) is 57.0 Å². The Balaban J connectivity index is 1.39. The van der Waals surface area contributed by atoms with Gasteiger partial charge in [0.25, 0.3) is 11.8 Å². The molecule has 0 unspecified atom stereocenters. The molecule has 0 spiro atoms. The first-order valence-corrected chi connectivity index (χ1v) is 11.8. The van der Waals surface area contributed by atoms with E-state index in [1.54, 1.807) is 36.4 Å². The van der Waals surface area contributed by atoms with Crippen molar-refractivity contribution >= 4 is 60.9 Å². The van der Waals surface area contributed by atoms with Gasteiger partial charge >= 0.3 is 0 Å². The zero-order valence-corrected chi connectivity index (χ0v) is 21.0. The van der Waals surface area contributed by atoms with Crippen LogP contribution in [0.3, 0.4) is 0 Å². The molecule has 0 aliphatic heterocycles. The highest BCUT2D eigenvalue weighted by atomic mass is 79.9. The maximum atomic E-state index is 13.2. The number of hydrogen-bond acceptors (Lipinski definition) is 5. The standard InChI is InChI=1S/C28H21BrN2O5/c1-34-23-15-18(11-12-21(23)31-28(33)24-14-17-8-4-6-10-22(17)36-24)30-27(32)20-13-16-7-3-5-9-19(16)25(29)26(20)35-2/h3-15H,1-2H3,(H,30,32)(H,31,33). The number of anilines is 2. The van der Waals surface area contributed by atoms with Crippen LogP contribution in [0.1, 0.15) is 20.9 Å². The molecular weight excluding hydrogens is 524 g/mol. The molecule has 36 heavy (non-hydrogen) atoms. The molecular formula is C28H21BrN2O5. The summed E-state index contributed by atoms with van der Waals surface area (Å²) >= 11 is 3.56. The van der Waals surface area contributed by atoms with Crippen molar-refractivity contribution in [2.24, 2.45) is 0 Å². The molecule has 5 rings (SSSR count). The lowest BCUT2D eigenvalue weighted by atomic mass is 10.0. The quantitative estimate of drug-likeness (QED) is 0.243. The number of carbonyl (C=O) groups is 2. The molecule has 4 aromatic carbocycles. The second-order valence-electron chi connectivity index (χ2n) is 7.96. The van der Waals surface area contributed by atoms with Crippen LogP contribution in [0.5, 0.6) is 11.5 Å². The summed E-state index contributed by atoms with van der Waals surface area (Å²) in [6, 6.07) is 23.5. The van der Waals surface area contributed by atoms with Gasteiger partial charge in [0.1, 0.15) is 17.1 Å². The average Bonchev–Trinajstić information content (AvgIpc) is 3.34. The first kappa shape index (κ1) is 23.4. The van der Waals surface area contributed by atoms with Crippen LogP contribution < -0.4 is 20.1 Å². The number of methoxy groups -OCH3 is 2. The Morgan fingerprint density at radius 2 is 1.56 bits per heavy atom. The number of nitrogens with one attached hydrogen (secondary N) is 2. The summed E-state index contributed by atoms with van der Waals surface area (Å²) < 4.78 is 17.3. The number of furan rings is 1. The SMILES string of the molecule is COc1cc(NC(=O)c2cc3ccccc3c(Br)c2OC)ccc1NC(=O)c1cc2ccccc2o1. The van der Waals surface area contributed by atoms with E-state index in [2.05, 4.69) is 26.6 Å². The Hall–Kier alpha value is -4.30. The molecule has 5 aromatic rings. The van der Waals surface area contributed by atoms with Crippen LogP contribution in [-0.4, -0.2) is 26.0 Å². The van der Waals surface area contributed by atoms with Crippen LogP contribution in [0.2, 0.25) is 0 Å². The van der Waals surface area contributed by atoms with Crippen molar-refractivity contribution in [1.82, 2.24) is 0 Å². The molecule has 0 saturated carbocycles. The van der Waals surface area contributed by atoms with Crippen LogP contribution in [-0.2, 0) is 0 Å². The Labute approximate surface area is 215 Å². The van der Waals surface area contributed by atoms with Crippen LogP contribution >= 0.6 is 15.9 Å². The second kappa shape index (κ2) is 9.75. The predicted molar refractivity (Wildman–Crippen MR) is 143 cm³/mol. The maximum Gasteiger partial charge on any atom is 0.291 e. The number of halogens is 1. The van der Waals surface area contributed by atoms with Gasteiger partial charge in [0.15, 0.2) is 5.76 Å². The minimum absolute atomic E-state index is 0.185. The zero-order valence-electron chi connectivity index (χ0n) is 19.4. The van der Waals surface area contributed by atoms with Crippen molar-refractivity contribution in [3.63, 3.8) is 0 Å². The Morgan fingerprint density at radius 1 is 0.806 bits per heavy atom. The maximum absolute atomic E-state index is 13.2. The Morgan fingerprint density at radius 3 is 2.31 bits per heavy atom. The Bertz CT molecular complexity index is 1590. The summed E-state index contributed by atoms with van der Waals surface area (Å²) in [6.07, 6.45) is 0. The van der Waals surface area contributed by atoms with E-state index in [9.17, 15) is 9.59 Å². The summed E-state index contributed by atoms with van der Waals surface area (Å²) in [4.78, 5) is 25.9. The number of benzene rings is 4. The smallest absolute Gasteiger partial charge is 0.291 e. The lowest BCUT2D eigenvalue weighted by Crippen LogP contribution is -2.15. The molecule has 0 atom stereocenters. The van der Waals surface area contributed by atoms with Crippen molar-refractivity contribution in [2.75, 3.05) is 24.9 Å². The van der Waals surface area contributed by atoms with E-state index in [0.717, 1.165) is 16.2 Å². The van der Waals surface area contributed by atoms with Gasteiger partial charge in [-0.15, -0.1) is 0 Å². The molecule has 8 heteroatoms. The summed E-state index contributed by atoms with van der Waals surface area (Å²) in [7, 11) is 3.01. The van der Waals surface area contributed by atoms with Gasteiger partial charge in [-0.25, -0.2) is 0 Å². The summed E-state index contributed by atoms with van der Waals surface area (Å²) in [5.74, 6) is 0.243. The second-order valence-corrected chi connectivity index (χ2v) is 8.76. The average molecular weight is 545 g/mol. The Kier molecular flexibility index (Phi) is 6.35. The lowest BCUT2D eigenvalue weighted by Gasteiger charge is -2.15. The van der Waals surface area contributed by atoms with Gasteiger partial charge in [-0.2, -0.15) is 0 Å². The molecule has 1 aromatic heterocycles. The summed E-state index contributed by atoms with van der Waals surface area (Å²) in [5, 5.41) is 8.36. The van der Waals surface area contributed by atoms with Gasteiger partial charge in [0.05, 0.1) is 29.9 Å². The normalized spacial score (nSPS) is 10.9. The van der Waals surface area contributed by atoms with E-state index in [1.165, 1.54) is 14.2 Å². The highest BCUT2D eigenvalue weighted by Gasteiger charge is 2.20. The van der Waals surface area contributed by atoms with Crippen molar-refractivity contribution in [3.8, 4) is 11.5 Å². The fourth-order valence-electron chi connectivity index (χ4n) is 4.00. The van der Waals surface area contributed by atoms with E-state index in [1.807, 2.05) is 42.5 Å². The molecule has 0 aliphatic rings. The molecule has 0 bridgehead atoms. The molecule has 0 saturated heterocycles. The van der Waals surface area contributed by atoms with Crippen LogP contribution in [0.25, 0.3) is 21.7 Å².